The number of nitrogens with zero attached hydrogens (tertiary/aromatic N) is 5. The fourth-order valence-corrected chi connectivity index (χ4v) is 6.46. The number of ether oxygens (including phenoxy) is 3. The standard InChI is InChI=1S/C41H47N5O4/c1-29(2)35-24-36(38(50-28-32-14-10-7-11-15-32)25-37(35)49-27-31-12-8-6-9-13-31)46-40(39(42-43-46)41(47)48-5)33-18-16-30(17-19-33)26-45-22-20-34(21-23-45)44(3)4/h6-19,24-25,29,34H,20-23,26-28H2,1-5H3. The van der Waals surface area contributed by atoms with E-state index in [4.69, 9.17) is 14.2 Å². The van der Waals surface area contributed by atoms with Crippen LogP contribution in [-0.2, 0) is 24.5 Å². The number of carbonyl (C=O) groups excluding carboxylic acids is 1. The Kier molecular flexibility index (Phi) is 11.3. The van der Waals surface area contributed by atoms with E-state index in [0.29, 0.717) is 36.4 Å². The average molecular weight is 674 g/mol. The lowest BCUT2D eigenvalue weighted by Gasteiger charge is -2.35. The summed E-state index contributed by atoms with van der Waals surface area (Å²) in [6.45, 7) is 8.03. The zero-order chi connectivity index (χ0) is 35.0. The summed E-state index contributed by atoms with van der Waals surface area (Å²) in [6.07, 6.45) is 2.34. The Morgan fingerprint density at radius 1 is 0.820 bits per heavy atom. The smallest absolute Gasteiger partial charge is 0.360 e. The van der Waals surface area contributed by atoms with Crippen LogP contribution in [-0.4, -0.2) is 71.1 Å². The zero-order valence-corrected chi connectivity index (χ0v) is 29.7. The molecule has 1 fully saturated rings. The van der Waals surface area contributed by atoms with E-state index in [1.807, 2.05) is 84.9 Å². The van der Waals surface area contributed by atoms with Crippen molar-refractivity contribution >= 4 is 5.97 Å². The Bertz CT molecular complexity index is 1850. The minimum absolute atomic E-state index is 0.122. The third kappa shape index (κ3) is 8.23. The Hall–Kier alpha value is -4.99. The highest BCUT2D eigenvalue weighted by Crippen LogP contribution is 2.39. The maximum Gasteiger partial charge on any atom is 0.360 e. The summed E-state index contributed by atoms with van der Waals surface area (Å²) in [5, 5.41) is 8.89. The number of esters is 1. The maximum atomic E-state index is 13.1. The molecule has 1 aliphatic heterocycles. The van der Waals surface area contributed by atoms with Gasteiger partial charge in [-0.2, -0.15) is 0 Å². The van der Waals surface area contributed by atoms with E-state index in [9.17, 15) is 4.79 Å². The molecule has 2 heterocycles. The Morgan fingerprint density at radius 3 is 1.98 bits per heavy atom. The van der Waals surface area contributed by atoms with Crippen LogP contribution >= 0.6 is 0 Å². The molecule has 0 bridgehead atoms. The number of benzene rings is 4. The number of likely N-dealkylation sites (tertiary alicyclic amines) is 1. The minimum Gasteiger partial charge on any atom is -0.488 e. The van der Waals surface area contributed by atoms with Crippen molar-refractivity contribution in [2.45, 2.75) is 58.4 Å². The molecule has 50 heavy (non-hydrogen) atoms. The van der Waals surface area contributed by atoms with Crippen LogP contribution in [0.5, 0.6) is 11.5 Å². The second kappa shape index (κ2) is 16.1. The Morgan fingerprint density at radius 2 is 1.42 bits per heavy atom. The van der Waals surface area contributed by atoms with Crippen molar-refractivity contribution < 1.29 is 19.0 Å². The van der Waals surface area contributed by atoms with Gasteiger partial charge in [-0.05, 0) is 74.3 Å². The van der Waals surface area contributed by atoms with Crippen molar-refractivity contribution in [3.05, 3.63) is 125 Å². The third-order valence-electron chi connectivity index (χ3n) is 9.39. The number of hydrogen-bond donors (Lipinski definition) is 0. The van der Waals surface area contributed by atoms with Crippen molar-refractivity contribution in [1.29, 1.82) is 0 Å². The van der Waals surface area contributed by atoms with Crippen molar-refractivity contribution in [2.75, 3.05) is 34.3 Å². The molecule has 9 heteroatoms. The first kappa shape index (κ1) is 34.9. The van der Waals surface area contributed by atoms with E-state index in [0.717, 1.165) is 47.6 Å². The van der Waals surface area contributed by atoms with Crippen LogP contribution in [0.3, 0.4) is 0 Å². The SMILES string of the molecule is COC(=O)c1nnn(-c2cc(C(C)C)c(OCc3ccccc3)cc2OCc2ccccc2)c1-c1ccc(CN2CCC(N(C)C)CC2)cc1. The van der Waals surface area contributed by atoms with E-state index in [-0.39, 0.29) is 11.6 Å². The fraction of sp³-hybridized carbons (Fsp3) is 0.341. The van der Waals surface area contributed by atoms with Crippen LogP contribution in [0.25, 0.3) is 16.9 Å². The van der Waals surface area contributed by atoms with E-state index < -0.39 is 5.97 Å². The predicted molar refractivity (Wildman–Crippen MR) is 196 cm³/mol. The summed E-state index contributed by atoms with van der Waals surface area (Å²) in [7, 11) is 5.69. The molecule has 0 saturated carbocycles. The summed E-state index contributed by atoms with van der Waals surface area (Å²) < 4.78 is 19.8. The molecule has 0 unspecified atom stereocenters. The van der Waals surface area contributed by atoms with Crippen molar-refractivity contribution in [3.63, 3.8) is 0 Å². The number of rotatable bonds is 13. The number of carbonyl (C=O) groups is 1. The van der Waals surface area contributed by atoms with Crippen molar-refractivity contribution in [3.8, 4) is 28.4 Å². The van der Waals surface area contributed by atoms with Crippen molar-refractivity contribution in [2.24, 2.45) is 0 Å². The summed E-state index contributed by atoms with van der Waals surface area (Å²) >= 11 is 0. The molecule has 0 spiro atoms. The molecule has 0 atom stereocenters. The van der Waals surface area contributed by atoms with Gasteiger partial charge in [-0.15, -0.1) is 5.10 Å². The molecule has 6 rings (SSSR count). The summed E-state index contributed by atoms with van der Waals surface area (Å²) in [5.74, 6) is 0.848. The quantitative estimate of drug-likeness (QED) is 0.119. The lowest BCUT2D eigenvalue weighted by molar-refractivity contribution is 0.0595. The van der Waals surface area contributed by atoms with Gasteiger partial charge in [-0.25, -0.2) is 9.48 Å². The normalized spacial score (nSPS) is 13.9. The summed E-state index contributed by atoms with van der Waals surface area (Å²) in [4.78, 5) is 17.9. The van der Waals surface area contributed by atoms with E-state index in [2.05, 4.69) is 60.2 Å². The molecule has 4 aromatic carbocycles. The molecule has 1 aromatic heterocycles. The minimum atomic E-state index is -0.558. The first-order valence-electron chi connectivity index (χ1n) is 17.3. The molecule has 0 aliphatic carbocycles. The monoisotopic (exact) mass is 673 g/mol. The molecule has 9 nitrogen and oxygen atoms in total. The second-order valence-electron chi connectivity index (χ2n) is 13.4. The number of piperidine rings is 1. The van der Waals surface area contributed by atoms with Gasteiger partial charge in [0, 0.05) is 24.2 Å². The predicted octanol–water partition coefficient (Wildman–Crippen LogP) is 7.53. The topological polar surface area (TPSA) is 81.9 Å². The van der Waals surface area contributed by atoms with Gasteiger partial charge >= 0.3 is 5.97 Å². The molecule has 1 saturated heterocycles. The highest BCUT2D eigenvalue weighted by molar-refractivity contribution is 5.94. The highest BCUT2D eigenvalue weighted by atomic mass is 16.5. The van der Waals surface area contributed by atoms with Crippen LogP contribution in [0.4, 0.5) is 0 Å². The molecular weight excluding hydrogens is 626 g/mol. The molecular formula is C41H47N5O4. The molecule has 1 aliphatic rings. The zero-order valence-electron chi connectivity index (χ0n) is 29.7. The van der Waals surface area contributed by atoms with Gasteiger partial charge < -0.3 is 19.1 Å². The van der Waals surface area contributed by atoms with E-state index in [1.165, 1.54) is 25.5 Å². The number of methoxy groups -OCH3 is 1. The lowest BCUT2D eigenvalue weighted by atomic mass is 10.00. The number of aromatic nitrogens is 3. The van der Waals surface area contributed by atoms with Gasteiger partial charge in [0.15, 0.2) is 5.69 Å². The highest BCUT2D eigenvalue weighted by Gasteiger charge is 2.27. The van der Waals surface area contributed by atoms with Crippen LogP contribution in [0, 0.1) is 0 Å². The molecule has 260 valence electrons. The Labute approximate surface area is 295 Å². The van der Waals surface area contributed by atoms with Gasteiger partial charge in [0.1, 0.15) is 36.1 Å². The largest absolute Gasteiger partial charge is 0.488 e. The molecule has 0 N–H and O–H groups in total. The third-order valence-corrected chi connectivity index (χ3v) is 9.39. The molecule has 0 amide bonds. The van der Waals surface area contributed by atoms with E-state index in [1.54, 1.807) is 4.68 Å². The van der Waals surface area contributed by atoms with Crippen LogP contribution in [0.1, 0.15) is 65.3 Å². The van der Waals surface area contributed by atoms with Crippen LogP contribution < -0.4 is 9.47 Å². The second-order valence-corrected chi connectivity index (χ2v) is 13.4. The van der Waals surface area contributed by atoms with E-state index >= 15 is 0 Å². The van der Waals surface area contributed by atoms with Crippen LogP contribution in [0.2, 0.25) is 0 Å². The fourth-order valence-electron chi connectivity index (χ4n) is 6.46. The summed E-state index contributed by atoms with van der Waals surface area (Å²) in [6, 6.07) is 33.0. The first-order valence-corrected chi connectivity index (χ1v) is 17.3. The molecule has 5 aromatic rings. The summed E-state index contributed by atoms with van der Waals surface area (Å²) in [5.41, 5.74) is 6.41. The molecule has 0 radical (unpaired) electrons. The van der Waals surface area contributed by atoms with Gasteiger partial charge in [-0.3, -0.25) is 4.90 Å². The van der Waals surface area contributed by atoms with Gasteiger partial charge in [0.05, 0.1) is 7.11 Å². The lowest BCUT2D eigenvalue weighted by Crippen LogP contribution is -2.41. The van der Waals surface area contributed by atoms with Gasteiger partial charge in [-0.1, -0.05) is 104 Å². The maximum absolute atomic E-state index is 13.1. The van der Waals surface area contributed by atoms with Gasteiger partial charge in [0.2, 0.25) is 0 Å². The van der Waals surface area contributed by atoms with Crippen molar-refractivity contribution in [1.82, 2.24) is 24.8 Å². The average Bonchev–Trinajstić information content (AvgIpc) is 3.59. The van der Waals surface area contributed by atoms with Crippen LogP contribution in [0.15, 0.2) is 97.1 Å². The van der Waals surface area contributed by atoms with Gasteiger partial charge in [0.25, 0.3) is 0 Å². The first-order chi connectivity index (χ1) is 24.3. The Balaban J connectivity index is 1.37. The number of hydrogen-bond acceptors (Lipinski definition) is 8.